The molecule has 9 rings (SSSR count). The lowest BCUT2D eigenvalue weighted by molar-refractivity contribution is 0.295. The fourth-order valence-electron chi connectivity index (χ4n) is 7.41. The summed E-state index contributed by atoms with van der Waals surface area (Å²) in [5.41, 5.74) is -6.76. The molecule has 0 atom stereocenters. The molecular weight excluding hydrogens is 841 g/mol. The van der Waals surface area contributed by atoms with Crippen molar-refractivity contribution < 1.29 is 80.0 Å². The maximum absolute atomic E-state index is 16.5. The molecule has 19 heteroatoms. The van der Waals surface area contributed by atoms with Crippen LogP contribution in [0.1, 0.15) is 0 Å². The molecule has 1 aliphatic heterocycles. The van der Waals surface area contributed by atoms with Crippen molar-refractivity contribution in [3.05, 3.63) is 142 Å². The quantitative estimate of drug-likeness (QED) is 0.0815. The van der Waals surface area contributed by atoms with Crippen molar-refractivity contribution >= 4 is 50.9 Å². The van der Waals surface area contributed by atoms with Crippen molar-refractivity contribution in [3.8, 4) is 44.9 Å². The third-order valence-corrected chi connectivity index (χ3v) is 10.7. The van der Waals surface area contributed by atoms with Gasteiger partial charge >= 0.3 is 7.82 Å². The van der Waals surface area contributed by atoms with E-state index in [2.05, 4.69) is 0 Å². The molecule has 0 aromatic heterocycles. The van der Waals surface area contributed by atoms with Crippen LogP contribution in [-0.2, 0) is 4.57 Å². The molecule has 1 heterocycles. The Hall–Kier alpha value is -6.39. The summed E-state index contributed by atoms with van der Waals surface area (Å²) >= 11 is 0. The van der Waals surface area contributed by atoms with Crippen molar-refractivity contribution in [1.29, 1.82) is 0 Å². The fraction of sp³-hybridized carbons (Fsp3) is 0. The summed E-state index contributed by atoms with van der Waals surface area (Å²) in [5.74, 6) is -37.0. The Morgan fingerprint density at radius 1 is 0.373 bits per heavy atom. The van der Waals surface area contributed by atoms with Crippen LogP contribution >= 0.6 is 7.82 Å². The molecule has 0 amide bonds. The molecule has 0 saturated heterocycles. The van der Waals surface area contributed by atoms with E-state index in [-0.39, 0.29) is 21.5 Å². The summed E-state index contributed by atoms with van der Waals surface area (Å²) in [4.78, 5) is 11.1. The van der Waals surface area contributed by atoms with Crippen molar-refractivity contribution in [2.75, 3.05) is 0 Å². The number of fused-ring (bicyclic) bond motifs is 9. The maximum atomic E-state index is 16.5. The molecule has 0 saturated carbocycles. The van der Waals surface area contributed by atoms with E-state index in [1.54, 1.807) is 0 Å². The molecule has 0 spiro atoms. The molecule has 1 N–H and O–H groups in total. The highest BCUT2D eigenvalue weighted by Crippen LogP contribution is 2.62. The average Bonchev–Trinajstić information content (AvgIpc) is 3.33. The highest BCUT2D eigenvalue weighted by atomic mass is 31.2. The fourth-order valence-corrected chi connectivity index (χ4v) is 8.28. The van der Waals surface area contributed by atoms with Crippen LogP contribution < -0.4 is 9.05 Å². The monoisotopic (exact) mass is 852 g/mol. The smallest absolute Gasteiger partial charge is 0.394 e. The zero-order valence-corrected chi connectivity index (χ0v) is 29.1. The Morgan fingerprint density at radius 3 is 1.00 bits per heavy atom. The van der Waals surface area contributed by atoms with Gasteiger partial charge in [0.05, 0.1) is 32.7 Å². The zero-order valence-electron chi connectivity index (χ0n) is 28.2. The molecule has 0 radical (unpaired) electrons. The summed E-state index contributed by atoms with van der Waals surface area (Å²) in [7, 11) is -5.95. The second-order valence-electron chi connectivity index (χ2n) is 13.0. The number of halogens is 14. The second-order valence-corrected chi connectivity index (χ2v) is 14.3. The van der Waals surface area contributed by atoms with Gasteiger partial charge in [-0.1, -0.05) is 48.5 Å². The average molecular weight is 852 g/mol. The van der Waals surface area contributed by atoms with E-state index in [4.69, 9.17) is 9.05 Å². The number of phosphoric acid groups is 1. The van der Waals surface area contributed by atoms with Crippen molar-refractivity contribution in [1.82, 2.24) is 0 Å². The molecule has 1 aliphatic rings. The molecule has 0 bridgehead atoms. The SMILES string of the molecule is O=P1(O)Oc2c(-c3c(F)c(F)c4c(F)c(F)c(F)c(F)c4c3F)cc3ccccc3c2-c2c(c(-c3c(F)c(F)c4c(F)c(F)c(F)c(F)c4c3F)cc3ccccc23)O1. The van der Waals surface area contributed by atoms with Gasteiger partial charge in [-0.05, 0) is 33.7 Å². The lowest BCUT2D eigenvalue weighted by atomic mass is 9.85. The molecule has 0 unspecified atom stereocenters. The number of benzene rings is 8. The Morgan fingerprint density at radius 2 is 0.661 bits per heavy atom. The predicted molar refractivity (Wildman–Crippen MR) is 183 cm³/mol. The Balaban J connectivity index is 1.50. The molecule has 298 valence electrons. The van der Waals surface area contributed by atoms with Crippen LogP contribution in [0.25, 0.3) is 76.5 Å². The van der Waals surface area contributed by atoms with Crippen LogP contribution in [0.3, 0.4) is 0 Å². The summed E-state index contributed by atoms with van der Waals surface area (Å²) in [6.45, 7) is 0. The number of phosphoric ester groups is 1. The molecular formula is C40H11F14O4P. The van der Waals surface area contributed by atoms with Crippen LogP contribution in [0.15, 0.2) is 60.7 Å². The minimum absolute atomic E-state index is 0.121. The minimum atomic E-state index is -5.95. The Labute approximate surface area is 317 Å². The first kappa shape index (κ1) is 38.1. The first-order valence-corrected chi connectivity index (χ1v) is 17.9. The summed E-state index contributed by atoms with van der Waals surface area (Å²) in [5, 5.41) is -8.35. The van der Waals surface area contributed by atoms with E-state index in [1.807, 2.05) is 0 Å². The summed E-state index contributed by atoms with van der Waals surface area (Å²) in [6.07, 6.45) is 0. The molecule has 8 aromatic carbocycles. The molecule has 59 heavy (non-hydrogen) atoms. The van der Waals surface area contributed by atoms with Crippen molar-refractivity contribution in [2.24, 2.45) is 0 Å². The lowest BCUT2D eigenvalue weighted by Gasteiger charge is -2.20. The van der Waals surface area contributed by atoms with E-state index >= 15 is 35.1 Å². The van der Waals surface area contributed by atoms with Crippen molar-refractivity contribution in [3.63, 3.8) is 0 Å². The normalized spacial score (nSPS) is 13.5. The summed E-state index contributed by atoms with van der Waals surface area (Å²) in [6, 6.07) is 11.9. The van der Waals surface area contributed by atoms with E-state index in [1.165, 1.54) is 48.5 Å². The summed E-state index contributed by atoms with van der Waals surface area (Å²) < 4.78 is 238. The first-order chi connectivity index (χ1) is 27.9. The van der Waals surface area contributed by atoms with Gasteiger partial charge in [0.25, 0.3) is 0 Å². The topological polar surface area (TPSA) is 55.8 Å². The largest absolute Gasteiger partial charge is 0.584 e. The van der Waals surface area contributed by atoms with Gasteiger partial charge in [0.15, 0.2) is 69.8 Å². The predicted octanol–water partition coefficient (Wildman–Crippen LogP) is 13.1. The number of hydrogen-bond acceptors (Lipinski definition) is 3. The van der Waals surface area contributed by atoms with Gasteiger partial charge in [0.2, 0.25) is 0 Å². The van der Waals surface area contributed by atoms with Crippen LogP contribution in [0, 0.1) is 81.4 Å². The molecule has 0 fully saturated rings. The molecule has 4 nitrogen and oxygen atoms in total. The van der Waals surface area contributed by atoms with Gasteiger partial charge in [-0.2, -0.15) is 0 Å². The van der Waals surface area contributed by atoms with Crippen LogP contribution in [0.5, 0.6) is 11.5 Å². The Kier molecular flexibility index (Phi) is 8.28. The first-order valence-electron chi connectivity index (χ1n) is 16.4. The van der Waals surface area contributed by atoms with Crippen LogP contribution in [-0.4, -0.2) is 4.89 Å². The van der Waals surface area contributed by atoms with Gasteiger partial charge in [-0.15, -0.1) is 0 Å². The Bertz CT molecular complexity index is 3120. The standard InChI is InChI=1S/C40H11F14O4P/c41-25-19(27(43)29(45)23-21(25)31(47)35(51)37(53)33(23)49)15-9-11-5-1-3-7-13(11)17-18-14-8-4-2-6-12(14)10-16(40(18)58-59(55,56)57-39(15)17)20-26(42)22-24(30(46)28(20)44)34(50)38(54)36(52)32(22)48/h1-10H,(H,55,56). The highest BCUT2D eigenvalue weighted by Gasteiger charge is 2.41. The number of rotatable bonds is 2. The lowest BCUT2D eigenvalue weighted by Crippen LogP contribution is -2.07. The van der Waals surface area contributed by atoms with Crippen LogP contribution in [0.4, 0.5) is 61.5 Å². The van der Waals surface area contributed by atoms with E-state index in [0.29, 0.717) is 0 Å². The molecule has 0 aliphatic carbocycles. The second kappa shape index (κ2) is 12.8. The van der Waals surface area contributed by atoms with E-state index in [9.17, 15) is 35.8 Å². The van der Waals surface area contributed by atoms with Gasteiger partial charge in [0.1, 0.15) is 23.1 Å². The van der Waals surface area contributed by atoms with Crippen molar-refractivity contribution in [2.45, 2.75) is 0 Å². The maximum Gasteiger partial charge on any atom is 0.584 e. The third-order valence-electron chi connectivity index (χ3n) is 9.88. The van der Waals surface area contributed by atoms with Gasteiger partial charge in [-0.25, -0.2) is 66.0 Å². The number of hydrogen-bond donors (Lipinski definition) is 1. The minimum Gasteiger partial charge on any atom is -0.394 e. The van der Waals surface area contributed by atoms with E-state index in [0.717, 1.165) is 12.1 Å². The van der Waals surface area contributed by atoms with Gasteiger partial charge < -0.3 is 9.05 Å². The van der Waals surface area contributed by atoms with Gasteiger partial charge in [0, 0.05) is 22.3 Å². The van der Waals surface area contributed by atoms with E-state index < -0.39 is 156 Å². The van der Waals surface area contributed by atoms with Gasteiger partial charge in [-0.3, -0.25) is 4.89 Å². The zero-order chi connectivity index (χ0) is 42.3. The third kappa shape index (κ3) is 5.11. The highest BCUT2D eigenvalue weighted by molar-refractivity contribution is 7.48. The van der Waals surface area contributed by atoms with Crippen LogP contribution in [0.2, 0.25) is 0 Å². The molecule has 8 aromatic rings.